The Balaban J connectivity index is 1.84. The number of nitrogens with one attached hydrogen (secondary N) is 1. The van der Waals surface area contributed by atoms with E-state index in [1.54, 1.807) is 0 Å². The van der Waals surface area contributed by atoms with Crippen LogP contribution in [-0.4, -0.2) is 17.9 Å². The van der Waals surface area contributed by atoms with Crippen molar-refractivity contribution < 1.29 is 14.5 Å². The Morgan fingerprint density at radius 3 is 2.84 bits per heavy atom. The normalized spacial score (nSPS) is 16.0. The number of nitro groups is 1. The maximum Gasteiger partial charge on any atom is 0.311 e. The second-order valence-corrected chi connectivity index (χ2v) is 6.02. The number of ether oxygens (including phenoxy) is 1. The average Bonchev–Trinajstić information content (AvgIpc) is 2.60. The van der Waals surface area contributed by atoms with Crippen molar-refractivity contribution in [3.05, 3.63) is 63.2 Å². The minimum atomic E-state index is -0.561. The van der Waals surface area contributed by atoms with Crippen LogP contribution in [0.1, 0.15) is 40.4 Å². The van der Waals surface area contributed by atoms with Crippen LogP contribution >= 0.6 is 0 Å². The summed E-state index contributed by atoms with van der Waals surface area (Å²) in [5, 5.41) is 14.1. The zero-order chi connectivity index (χ0) is 18.0. The summed E-state index contributed by atoms with van der Waals surface area (Å²) in [5.74, 6) is -0.222. The third-order valence-corrected chi connectivity index (χ3v) is 4.42. The second-order valence-electron chi connectivity index (χ2n) is 6.02. The number of carbonyl (C=O) groups excluding carboxylic acids is 1. The first-order chi connectivity index (χ1) is 12.0. The third-order valence-electron chi connectivity index (χ3n) is 4.42. The van der Waals surface area contributed by atoms with Crippen molar-refractivity contribution in [2.24, 2.45) is 0 Å². The number of nitrogens with two attached hydrogens (primary N) is 1. The molecule has 0 radical (unpaired) electrons. The molecule has 25 heavy (non-hydrogen) atoms. The summed E-state index contributed by atoms with van der Waals surface area (Å²) in [4.78, 5) is 23.1. The monoisotopic (exact) mass is 341 g/mol. The molecular formula is C18H19N3O4. The number of anilines is 1. The number of nitro benzene ring substituents is 1. The lowest BCUT2D eigenvalue weighted by atomic mass is 9.87. The van der Waals surface area contributed by atoms with Crippen LogP contribution in [0.25, 0.3) is 0 Å². The summed E-state index contributed by atoms with van der Waals surface area (Å²) in [6, 6.07) is 9.76. The third kappa shape index (κ3) is 3.40. The fraction of sp³-hybridized carbons (Fsp3) is 0.278. The number of carbonyl (C=O) groups is 1. The molecule has 0 heterocycles. The van der Waals surface area contributed by atoms with Gasteiger partial charge in [-0.25, -0.2) is 0 Å². The van der Waals surface area contributed by atoms with Gasteiger partial charge in [0.2, 0.25) is 0 Å². The molecule has 1 aliphatic rings. The zero-order valence-electron chi connectivity index (χ0n) is 13.8. The van der Waals surface area contributed by atoms with Crippen molar-refractivity contribution in [1.29, 1.82) is 0 Å². The quantitative estimate of drug-likeness (QED) is 0.505. The van der Waals surface area contributed by atoms with Crippen molar-refractivity contribution in [2.45, 2.75) is 25.3 Å². The molecule has 3 N–H and O–H groups in total. The maximum atomic E-state index is 12.6. The molecule has 1 aliphatic carbocycles. The Morgan fingerprint density at radius 1 is 1.32 bits per heavy atom. The number of hydrogen-bond acceptors (Lipinski definition) is 5. The number of fused-ring (bicyclic) bond motifs is 1. The van der Waals surface area contributed by atoms with Crippen LogP contribution in [0.2, 0.25) is 0 Å². The molecule has 0 aromatic heterocycles. The molecule has 1 atom stereocenters. The van der Waals surface area contributed by atoms with Crippen molar-refractivity contribution >= 4 is 17.3 Å². The molecule has 3 rings (SSSR count). The van der Waals surface area contributed by atoms with Gasteiger partial charge >= 0.3 is 5.69 Å². The smallest absolute Gasteiger partial charge is 0.311 e. The molecule has 1 amide bonds. The summed E-state index contributed by atoms with van der Waals surface area (Å²) < 4.78 is 4.96. The lowest BCUT2D eigenvalue weighted by Gasteiger charge is -2.26. The van der Waals surface area contributed by atoms with Gasteiger partial charge in [-0.3, -0.25) is 14.9 Å². The van der Waals surface area contributed by atoms with E-state index in [2.05, 4.69) is 5.32 Å². The first-order valence-corrected chi connectivity index (χ1v) is 8.01. The molecule has 0 saturated heterocycles. The van der Waals surface area contributed by atoms with Gasteiger partial charge in [0.25, 0.3) is 5.91 Å². The van der Waals surface area contributed by atoms with Crippen molar-refractivity contribution in [2.75, 3.05) is 12.8 Å². The predicted octanol–water partition coefficient (Wildman–Crippen LogP) is 2.99. The fourth-order valence-corrected chi connectivity index (χ4v) is 3.20. The second kappa shape index (κ2) is 6.80. The summed E-state index contributed by atoms with van der Waals surface area (Å²) in [6.45, 7) is 0. The lowest BCUT2D eigenvalue weighted by Crippen LogP contribution is -2.31. The van der Waals surface area contributed by atoms with Crippen LogP contribution in [-0.2, 0) is 6.42 Å². The Kier molecular flexibility index (Phi) is 4.56. The first kappa shape index (κ1) is 16.8. The number of methoxy groups -OCH3 is 1. The molecule has 130 valence electrons. The SMILES string of the molecule is COc1ccc(C(=O)NC2CCCc3cc(N)ccc32)cc1[N+](=O)[O-]. The standard InChI is InChI=1S/C18H19N3O4/c1-25-17-8-5-12(10-16(17)21(23)24)18(22)20-15-4-2-3-11-9-13(19)6-7-14(11)15/h5-10,15H,2-4,19H2,1H3,(H,20,22). The van der Waals surface area contributed by atoms with E-state index < -0.39 is 4.92 Å². The van der Waals surface area contributed by atoms with Crippen LogP contribution in [0.5, 0.6) is 5.75 Å². The Morgan fingerprint density at radius 2 is 2.12 bits per heavy atom. The summed E-state index contributed by atoms with van der Waals surface area (Å²) in [7, 11) is 1.35. The van der Waals surface area contributed by atoms with Gasteiger partial charge in [-0.05, 0) is 54.7 Å². The molecule has 2 aromatic carbocycles. The van der Waals surface area contributed by atoms with E-state index in [1.165, 1.54) is 25.3 Å². The van der Waals surface area contributed by atoms with Gasteiger partial charge in [0.1, 0.15) is 0 Å². The summed E-state index contributed by atoms with van der Waals surface area (Å²) >= 11 is 0. The summed E-state index contributed by atoms with van der Waals surface area (Å²) in [5.41, 5.74) is 8.72. The Bertz CT molecular complexity index is 835. The molecule has 0 spiro atoms. The van der Waals surface area contributed by atoms with E-state index in [4.69, 9.17) is 10.5 Å². The molecule has 7 heteroatoms. The Labute approximate surface area is 144 Å². The number of rotatable bonds is 4. The number of nitrogens with zero attached hydrogens (tertiary/aromatic N) is 1. The molecule has 0 aliphatic heterocycles. The van der Waals surface area contributed by atoms with E-state index in [0.29, 0.717) is 5.69 Å². The number of amides is 1. The predicted molar refractivity (Wildman–Crippen MR) is 93.6 cm³/mol. The first-order valence-electron chi connectivity index (χ1n) is 8.01. The largest absolute Gasteiger partial charge is 0.490 e. The number of benzene rings is 2. The van der Waals surface area contributed by atoms with Crippen molar-refractivity contribution in [3.8, 4) is 5.75 Å². The highest BCUT2D eigenvalue weighted by molar-refractivity contribution is 5.95. The van der Waals surface area contributed by atoms with Gasteiger partial charge in [-0.2, -0.15) is 0 Å². The van der Waals surface area contributed by atoms with Crippen LogP contribution in [0.4, 0.5) is 11.4 Å². The number of nitrogen functional groups attached to an aromatic ring is 1. The van der Waals surface area contributed by atoms with Crippen LogP contribution in [0, 0.1) is 10.1 Å². The Hall–Kier alpha value is -3.09. The maximum absolute atomic E-state index is 12.6. The lowest BCUT2D eigenvalue weighted by molar-refractivity contribution is -0.385. The van der Waals surface area contributed by atoms with Gasteiger partial charge < -0.3 is 15.8 Å². The van der Waals surface area contributed by atoms with Crippen molar-refractivity contribution in [1.82, 2.24) is 5.32 Å². The number of hydrogen-bond donors (Lipinski definition) is 2. The van der Waals surface area contributed by atoms with Gasteiger partial charge in [0, 0.05) is 17.3 Å². The molecule has 0 saturated carbocycles. The zero-order valence-corrected chi connectivity index (χ0v) is 13.8. The van der Waals surface area contributed by atoms with E-state index >= 15 is 0 Å². The van der Waals surface area contributed by atoms with Gasteiger partial charge in [0.05, 0.1) is 18.1 Å². The molecule has 0 fully saturated rings. The summed E-state index contributed by atoms with van der Waals surface area (Å²) in [6.07, 6.45) is 2.70. The van der Waals surface area contributed by atoms with Gasteiger partial charge in [-0.1, -0.05) is 6.07 Å². The van der Waals surface area contributed by atoms with Crippen molar-refractivity contribution in [3.63, 3.8) is 0 Å². The fourth-order valence-electron chi connectivity index (χ4n) is 3.20. The van der Waals surface area contributed by atoms with E-state index in [9.17, 15) is 14.9 Å². The molecule has 7 nitrogen and oxygen atoms in total. The average molecular weight is 341 g/mol. The molecular weight excluding hydrogens is 322 g/mol. The highest BCUT2D eigenvalue weighted by Crippen LogP contribution is 2.32. The molecule has 0 bridgehead atoms. The number of aryl methyl sites for hydroxylation is 1. The molecule has 2 aromatic rings. The minimum absolute atomic E-state index is 0.125. The van der Waals surface area contributed by atoms with Crippen LogP contribution in [0.3, 0.4) is 0 Å². The highest BCUT2D eigenvalue weighted by atomic mass is 16.6. The highest BCUT2D eigenvalue weighted by Gasteiger charge is 2.24. The van der Waals surface area contributed by atoms with E-state index in [0.717, 1.165) is 30.4 Å². The van der Waals surface area contributed by atoms with Gasteiger partial charge in [-0.15, -0.1) is 0 Å². The van der Waals surface area contributed by atoms with Crippen LogP contribution in [0.15, 0.2) is 36.4 Å². The van der Waals surface area contributed by atoms with Crippen LogP contribution < -0.4 is 15.8 Å². The molecule has 1 unspecified atom stereocenters. The van der Waals surface area contributed by atoms with Gasteiger partial charge in [0.15, 0.2) is 5.75 Å². The van der Waals surface area contributed by atoms with E-state index in [-0.39, 0.29) is 28.9 Å². The topological polar surface area (TPSA) is 107 Å². The van der Waals surface area contributed by atoms with E-state index in [1.807, 2.05) is 18.2 Å². The minimum Gasteiger partial charge on any atom is -0.490 e.